The van der Waals surface area contributed by atoms with Crippen LogP contribution in [0.3, 0.4) is 0 Å². The molecule has 2 aromatic rings. The highest BCUT2D eigenvalue weighted by molar-refractivity contribution is 5.79. The number of esters is 1. The molecule has 0 aromatic heterocycles. The van der Waals surface area contributed by atoms with Crippen LogP contribution in [0.4, 0.5) is 4.79 Å². The Kier molecular flexibility index (Phi) is 11.7. The molecule has 2 aromatic carbocycles. The van der Waals surface area contributed by atoms with E-state index >= 15 is 0 Å². The van der Waals surface area contributed by atoms with Crippen LogP contribution in [0.15, 0.2) is 48.5 Å². The van der Waals surface area contributed by atoms with E-state index in [-0.39, 0.29) is 18.6 Å². The molecule has 9 heteroatoms. The van der Waals surface area contributed by atoms with Crippen molar-refractivity contribution < 1.29 is 38.0 Å². The average Bonchev–Trinajstić information content (AvgIpc) is 3.23. The number of methoxy groups -OCH3 is 1. The second-order valence-electron chi connectivity index (χ2n) is 8.19. The van der Waals surface area contributed by atoms with Gasteiger partial charge in [-0.2, -0.15) is 0 Å². The standard InChI is InChI=1S/C27H35NO8/c1-28(11-12-32-13-14-33-15-16-34-17-18-35-20-26(29)31-2)27(30)36-19-25-23-9-5-3-7-21(23)22-8-4-6-10-24(22)25/h3-10,25H,11-20H2,1-2H3. The molecular weight excluding hydrogens is 466 g/mol. The molecule has 1 amide bonds. The van der Waals surface area contributed by atoms with Crippen molar-refractivity contribution in [2.45, 2.75) is 5.92 Å². The lowest BCUT2D eigenvalue weighted by Gasteiger charge is -2.19. The fourth-order valence-electron chi connectivity index (χ4n) is 3.87. The van der Waals surface area contributed by atoms with Gasteiger partial charge in [-0.25, -0.2) is 9.59 Å². The van der Waals surface area contributed by atoms with Crippen LogP contribution in [0.2, 0.25) is 0 Å². The minimum atomic E-state index is -0.414. The fraction of sp³-hybridized carbons (Fsp3) is 0.481. The smallest absolute Gasteiger partial charge is 0.409 e. The van der Waals surface area contributed by atoms with Crippen LogP contribution < -0.4 is 0 Å². The van der Waals surface area contributed by atoms with Crippen molar-refractivity contribution in [3.8, 4) is 11.1 Å². The van der Waals surface area contributed by atoms with Crippen molar-refractivity contribution in [1.29, 1.82) is 0 Å². The highest BCUT2D eigenvalue weighted by Gasteiger charge is 2.29. The average molecular weight is 502 g/mol. The molecule has 196 valence electrons. The number of amides is 1. The molecule has 36 heavy (non-hydrogen) atoms. The summed E-state index contributed by atoms with van der Waals surface area (Å²) in [6.07, 6.45) is -0.371. The van der Waals surface area contributed by atoms with Crippen LogP contribution in [-0.4, -0.2) is 97.1 Å². The van der Waals surface area contributed by atoms with Gasteiger partial charge in [0.1, 0.15) is 13.2 Å². The molecule has 0 saturated carbocycles. The number of ether oxygens (including phenoxy) is 6. The van der Waals surface area contributed by atoms with Gasteiger partial charge >= 0.3 is 12.1 Å². The van der Waals surface area contributed by atoms with E-state index in [2.05, 4.69) is 29.0 Å². The molecule has 0 unspecified atom stereocenters. The molecular formula is C27H35NO8. The quantitative estimate of drug-likeness (QED) is 0.256. The first-order valence-corrected chi connectivity index (χ1v) is 12.1. The van der Waals surface area contributed by atoms with Crippen molar-refractivity contribution in [2.24, 2.45) is 0 Å². The zero-order valence-corrected chi connectivity index (χ0v) is 21.0. The predicted octanol–water partition coefficient (Wildman–Crippen LogP) is 3.11. The van der Waals surface area contributed by atoms with Crippen LogP contribution in [-0.2, 0) is 33.2 Å². The fourth-order valence-corrected chi connectivity index (χ4v) is 3.87. The summed E-state index contributed by atoms with van der Waals surface area (Å²) >= 11 is 0. The summed E-state index contributed by atoms with van der Waals surface area (Å²) in [6, 6.07) is 16.5. The number of hydrogen-bond donors (Lipinski definition) is 0. The van der Waals surface area contributed by atoms with Crippen molar-refractivity contribution >= 4 is 12.1 Å². The topological polar surface area (TPSA) is 92.8 Å². The minimum Gasteiger partial charge on any atom is -0.467 e. The summed E-state index contributed by atoms with van der Waals surface area (Å²) in [4.78, 5) is 24.9. The van der Waals surface area contributed by atoms with Crippen molar-refractivity contribution in [3.63, 3.8) is 0 Å². The number of hydrogen-bond acceptors (Lipinski definition) is 8. The highest BCUT2D eigenvalue weighted by Crippen LogP contribution is 2.44. The molecule has 0 atom stereocenters. The van der Waals surface area contributed by atoms with E-state index in [4.69, 9.17) is 23.7 Å². The zero-order valence-electron chi connectivity index (χ0n) is 21.0. The number of nitrogens with zero attached hydrogens (tertiary/aromatic N) is 1. The van der Waals surface area contributed by atoms with E-state index in [1.54, 1.807) is 7.05 Å². The largest absolute Gasteiger partial charge is 0.467 e. The third-order valence-corrected chi connectivity index (χ3v) is 5.78. The molecule has 1 aliphatic rings. The van der Waals surface area contributed by atoms with Crippen LogP contribution in [0.1, 0.15) is 17.0 Å². The summed E-state index contributed by atoms with van der Waals surface area (Å²) in [5.41, 5.74) is 4.79. The molecule has 1 aliphatic carbocycles. The monoisotopic (exact) mass is 501 g/mol. The lowest BCUT2D eigenvalue weighted by atomic mass is 9.98. The second kappa shape index (κ2) is 15.2. The summed E-state index contributed by atoms with van der Waals surface area (Å²) in [6.45, 7) is 3.41. The second-order valence-corrected chi connectivity index (χ2v) is 8.19. The first-order valence-electron chi connectivity index (χ1n) is 12.1. The third kappa shape index (κ3) is 8.30. The number of fused-ring (bicyclic) bond motifs is 3. The van der Waals surface area contributed by atoms with E-state index < -0.39 is 5.97 Å². The molecule has 0 spiro atoms. The lowest BCUT2D eigenvalue weighted by Crippen LogP contribution is -2.32. The van der Waals surface area contributed by atoms with Gasteiger partial charge in [-0.05, 0) is 22.3 Å². The van der Waals surface area contributed by atoms with Crippen LogP contribution >= 0.6 is 0 Å². The maximum atomic E-state index is 12.5. The van der Waals surface area contributed by atoms with Crippen LogP contribution in [0.25, 0.3) is 11.1 Å². The van der Waals surface area contributed by atoms with Gasteiger partial charge in [0.25, 0.3) is 0 Å². The Morgan fingerprint density at radius 1 is 0.750 bits per heavy atom. The Bertz CT molecular complexity index is 921. The van der Waals surface area contributed by atoms with E-state index in [1.165, 1.54) is 34.3 Å². The Hall–Kier alpha value is -2.98. The number of likely N-dealkylation sites (N-methyl/N-ethyl adjacent to an activating group) is 1. The number of benzene rings is 2. The molecule has 0 saturated heterocycles. The van der Waals surface area contributed by atoms with Crippen molar-refractivity contribution in [2.75, 3.05) is 80.2 Å². The Morgan fingerprint density at radius 2 is 1.25 bits per heavy atom. The van der Waals surface area contributed by atoms with Gasteiger partial charge in [0.05, 0.1) is 53.4 Å². The molecule has 0 fully saturated rings. The molecule has 0 N–H and O–H groups in total. The van der Waals surface area contributed by atoms with Crippen LogP contribution in [0.5, 0.6) is 0 Å². The Balaban J connectivity index is 1.22. The maximum Gasteiger partial charge on any atom is 0.409 e. The predicted molar refractivity (Wildman–Crippen MR) is 133 cm³/mol. The third-order valence-electron chi connectivity index (χ3n) is 5.78. The molecule has 0 radical (unpaired) electrons. The first-order chi connectivity index (χ1) is 17.6. The van der Waals surface area contributed by atoms with Gasteiger partial charge in [0, 0.05) is 19.5 Å². The SMILES string of the molecule is COC(=O)COCCOCCOCCOCCN(C)C(=O)OCC1c2ccccc2-c2ccccc21. The summed E-state index contributed by atoms with van der Waals surface area (Å²) in [5.74, 6) is -0.373. The van der Waals surface area contributed by atoms with E-state index in [0.29, 0.717) is 59.4 Å². The van der Waals surface area contributed by atoms with E-state index in [9.17, 15) is 9.59 Å². The van der Waals surface area contributed by atoms with Gasteiger partial charge in [-0.3, -0.25) is 0 Å². The molecule has 9 nitrogen and oxygen atoms in total. The Morgan fingerprint density at radius 3 is 1.81 bits per heavy atom. The normalized spacial score (nSPS) is 12.2. The van der Waals surface area contributed by atoms with Crippen molar-refractivity contribution in [3.05, 3.63) is 59.7 Å². The zero-order chi connectivity index (χ0) is 25.6. The van der Waals surface area contributed by atoms with E-state index in [1.807, 2.05) is 24.3 Å². The summed E-state index contributed by atoms with van der Waals surface area (Å²) in [7, 11) is 3.01. The molecule has 0 bridgehead atoms. The number of carbonyl (C=O) groups excluding carboxylic acids is 2. The summed E-state index contributed by atoms with van der Waals surface area (Å²) in [5, 5.41) is 0. The van der Waals surface area contributed by atoms with Gasteiger partial charge in [0.15, 0.2) is 0 Å². The first kappa shape index (κ1) is 27.6. The van der Waals surface area contributed by atoms with Gasteiger partial charge in [-0.1, -0.05) is 48.5 Å². The molecule has 0 heterocycles. The number of carbonyl (C=O) groups is 2. The highest BCUT2D eigenvalue weighted by atomic mass is 16.6. The van der Waals surface area contributed by atoms with Crippen LogP contribution in [0, 0.1) is 0 Å². The maximum absolute atomic E-state index is 12.5. The Labute approximate surface area is 212 Å². The van der Waals surface area contributed by atoms with Gasteiger partial charge in [-0.15, -0.1) is 0 Å². The van der Waals surface area contributed by atoms with Gasteiger partial charge < -0.3 is 33.3 Å². The molecule has 0 aliphatic heterocycles. The van der Waals surface area contributed by atoms with E-state index in [0.717, 1.165) is 0 Å². The minimum absolute atomic E-state index is 0.0412. The van der Waals surface area contributed by atoms with Gasteiger partial charge in [0.2, 0.25) is 0 Å². The lowest BCUT2D eigenvalue weighted by molar-refractivity contribution is -0.146. The van der Waals surface area contributed by atoms with Crippen molar-refractivity contribution in [1.82, 2.24) is 4.90 Å². The molecule has 3 rings (SSSR count). The number of rotatable bonds is 16. The summed E-state index contributed by atoms with van der Waals surface area (Å²) < 4.78 is 31.5.